The monoisotopic (exact) mass is 395 g/mol. The zero-order valence-corrected chi connectivity index (χ0v) is 16.4. The van der Waals surface area contributed by atoms with Gasteiger partial charge in [0.05, 0.1) is 6.42 Å². The first-order valence-corrected chi connectivity index (χ1v) is 9.73. The van der Waals surface area contributed by atoms with E-state index in [4.69, 9.17) is 0 Å². The molecule has 3 rings (SSSR count). The fourth-order valence-electron chi connectivity index (χ4n) is 2.59. The minimum atomic E-state index is -0.668. The first-order chi connectivity index (χ1) is 13.5. The molecule has 1 atom stereocenters. The lowest BCUT2D eigenvalue weighted by Gasteiger charge is -2.21. The fraction of sp³-hybridized carbons (Fsp3) is 0.250. The zero-order chi connectivity index (χ0) is 19.9. The van der Waals surface area contributed by atoms with E-state index in [-0.39, 0.29) is 24.2 Å². The minimum Gasteiger partial charge on any atom is -0.344 e. The molecule has 2 amide bonds. The quantitative estimate of drug-likeness (QED) is 0.641. The van der Waals surface area contributed by atoms with E-state index in [2.05, 4.69) is 25.8 Å². The van der Waals surface area contributed by atoms with Crippen LogP contribution in [0.3, 0.4) is 0 Å². The number of hydrogen-bond donors (Lipinski definition) is 2. The molecule has 8 heteroatoms. The van der Waals surface area contributed by atoms with Crippen molar-refractivity contribution in [1.82, 2.24) is 20.5 Å². The second kappa shape index (κ2) is 9.18. The van der Waals surface area contributed by atoms with Crippen molar-refractivity contribution in [3.8, 4) is 10.7 Å². The summed E-state index contributed by atoms with van der Waals surface area (Å²) in [6, 6.07) is 14.2. The lowest BCUT2D eigenvalue weighted by Crippen LogP contribution is -2.47. The standard InChI is InChI=1S/C20H21N5O2S/c1-13(2)17(22-16(26)12-14-8-4-3-5-9-14)18(27)23-20-25-24-19(28-20)15-10-6-7-11-21-15/h3-11,13,17H,12H2,1-2H3,(H,22,26)(H,23,25,27). The van der Waals surface area contributed by atoms with Crippen molar-refractivity contribution >= 4 is 28.3 Å². The number of aromatic nitrogens is 3. The molecule has 1 unspecified atom stereocenters. The van der Waals surface area contributed by atoms with Crippen LogP contribution in [0, 0.1) is 5.92 Å². The maximum atomic E-state index is 12.7. The highest BCUT2D eigenvalue weighted by Gasteiger charge is 2.25. The van der Waals surface area contributed by atoms with Gasteiger partial charge in [0.1, 0.15) is 11.7 Å². The average molecular weight is 395 g/mol. The zero-order valence-electron chi connectivity index (χ0n) is 15.6. The van der Waals surface area contributed by atoms with E-state index in [0.29, 0.717) is 15.8 Å². The van der Waals surface area contributed by atoms with Gasteiger partial charge in [-0.2, -0.15) is 0 Å². The van der Waals surface area contributed by atoms with Crippen LogP contribution in [-0.4, -0.2) is 33.0 Å². The predicted molar refractivity (Wildman–Crippen MR) is 109 cm³/mol. The molecule has 0 aliphatic heterocycles. The SMILES string of the molecule is CC(C)C(NC(=O)Cc1ccccc1)C(=O)Nc1nnc(-c2ccccn2)s1. The number of nitrogens with zero attached hydrogens (tertiary/aromatic N) is 3. The van der Waals surface area contributed by atoms with E-state index >= 15 is 0 Å². The Morgan fingerprint density at radius 2 is 1.79 bits per heavy atom. The van der Waals surface area contributed by atoms with Crippen LogP contribution in [0.4, 0.5) is 5.13 Å². The Balaban J connectivity index is 1.63. The van der Waals surface area contributed by atoms with Gasteiger partial charge in [-0.05, 0) is 23.6 Å². The van der Waals surface area contributed by atoms with Gasteiger partial charge in [0.15, 0.2) is 5.01 Å². The van der Waals surface area contributed by atoms with Crippen LogP contribution in [0.5, 0.6) is 0 Å². The summed E-state index contributed by atoms with van der Waals surface area (Å²) in [6.07, 6.45) is 1.89. The number of rotatable bonds is 7. The van der Waals surface area contributed by atoms with Crippen molar-refractivity contribution in [1.29, 1.82) is 0 Å². The van der Waals surface area contributed by atoms with Crippen molar-refractivity contribution in [3.05, 3.63) is 60.3 Å². The first kappa shape index (κ1) is 19.6. The summed E-state index contributed by atoms with van der Waals surface area (Å²) in [5.74, 6) is -0.602. The minimum absolute atomic E-state index is 0.0806. The summed E-state index contributed by atoms with van der Waals surface area (Å²) in [5, 5.41) is 14.6. The summed E-state index contributed by atoms with van der Waals surface area (Å²) in [5.41, 5.74) is 1.59. The number of hydrogen-bond acceptors (Lipinski definition) is 6. The summed E-state index contributed by atoms with van der Waals surface area (Å²) in [6.45, 7) is 3.76. The number of nitrogens with one attached hydrogen (secondary N) is 2. The third kappa shape index (κ3) is 5.20. The number of carbonyl (C=O) groups excluding carboxylic acids is 2. The summed E-state index contributed by atoms with van der Waals surface area (Å²) >= 11 is 1.24. The van der Waals surface area contributed by atoms with Gasteiger partial charge in [-0.25, -0.2) is 0 Å². The van der Waals surface area contributed by atoms with E-state index in [0.717, 1.165) is 5.56 Å². The maximum absolute atomic E-state index is 12.7. The van der Waals surface area contributed by atoms with Crippen LogP contribution >= 0.6 is 11.3 Å². The smallest absolute Gasteiger partial charge is 0.249 e. The second-order valence-electron chi connectivity index (χ2n) is 6.57. The Bertz CT molecular complexity index is 928. The van der Waals surface area contributed by atoms with Crippen LogP contribution in [0.25, 0.3) is 10.7 Å². The largest absolute Gasteiger partial charge is 0.344 e. The molecule has 0 saturated carbocycles. The van der Waals surface area contributed by atoms with Gasteiger partial charge in [0, 0.05) is 6.20 Å². The lowest BCUT2D eigenvalue weighted by molar-refractivity contribution is -0.127. The molecule has 0 aliphatic rings. The molecule has 0 radical (unpaired) electrons. The van der Waals surface area contributed by atoms with Crippen LogP contribution in [0.1, 0.15) is 19.4 Å². The van der Waals surface area contributed by atoms with Gasteiger partial charge in [-0.15, -0.1) is 10.2 Å². The molecular formula is C20H21N5O2S. The third-order valence-electron chi connectivity index (χ3n) is 4.01. The third-order valence-corrected chi connectivity index (χ3v) is 4.87. The molecule has 0 bridgehead atoms. The molecule has 0 spiro atoms. The highest BCUT2D eigenvalue weighted by atomic mass is 32.1. The Hall–Kier alpha value is -3.13. The lowest BCUT2D eigenvalue weighted by atomic mass is 10.0. The molecule has 0 saturated heterocycles. The average Bonchev–Trinajstić information content (AvgIpc) is 3.16. The Morgan fingerprint density at radius 1 is 1.04 bits per heavy atom. The van der Waals surface area contributed by atoms with Crippen LogP contribution in [0.2, 0.25) is 0 Å². The molecule has 2 N–H and O–H groups in total. The predicted octanol–water partition coefficient (Wildman–Crippen LogP) is 2.92. The van der Waals surface area contributed by atoms with E-state index in [1.165, 1.54) is 11.3 Å². The topological polar surface area (TPSA) is 96.9 Å². The van der Waals surface area contributed by atoms with Gasteiger partial charge >= 0.3 is 0 Å². The molecule has 1 aromatic carbocycles. The molecule has 0 fully saturated rings. The van der Waals surface area contributed by atoms with Crippen molar-refractivity contribution in [3.63, 3.8) is 0 Å². The number of anilines is 1. The van der Waals surface area contributed by atoms with Gasteiger partial charge < -0.3 is 5.32 Å². The van der Waals surface area contributed by atoms with Crippen molar-refractivity contribution in [2.75, 3.05) is 5.32 Å². The number of benzene rings is 1. The normalized spacial score (nSPS) is 11.8. The summed E-state index contributed by atoms with van der Waals surface area (Å²) in [7, 11) is 0. The number of amides is 2. The van der Waals surface area contributed by atoms with Crippen LogP contribution in [0.15, 0.2) is 54.7 Å². The molecule has 0 aliphatic carbocycles. The van der Waals surface area contributed by atoms with Crippen LogP contribution < -0.4 is 10.6 Å². The fourth-order valence-corrected chi connectivity index (χ4v) is 3.31. The van der Waals surface area contributed by atoms with Crippen LogP contribution in [-0.2, 0) is 16.0 Å². The maximum Gasteiger partial charge on any atom is 0.249 e. The second-order valence-corrected chi connectivity index (χ2v) is 7.55. The Kier molecular flexibility index (Phi) is 6.44. The molecule has 3 aromatic rings. The highest BCUT2D eigenvalue weighted by molar-refractivity contribution is 7.18. The van der Waals surface area contributed by atoms with Gasteiger partial charge in [0.25, 0.3) is 0 Å². The Morgan fingerprint density at radius 3 is 2.46 bits per heavy atom. The molecular weight excluding hydrogens is 374 g/mol. The number of carbonyl (C=O) groups is 2. The van der Waals surface area contributed by atoms with Gasteiger partial charge in [0.2, 0.25) is 16.9 Å². The first-order valence-electron chi connectivity index (χ1n) is 8.92. The van der Waals surface area contributed by atoms with E-state index < -0.39 is 6.04 Å². The van der Waals surface area contributed by atoms with E-state index in [1.807, 2.05) is 62.4 Å². The Labute approximate surface area is 167 Å². The van der Waals surface area contributed by atoms with Crippen molar-refractivity contribution < 1.29 is 9.59 Å². The van der Waals surface area contributed by atoms with Crippen molar-refractivity contribution in [2.45, 2.75) is 26.3 Å². The van der Waals surface area contributed by atoms with E-state index in [9.17, 15) is 9.59 Å². The number of pyridine rings is 1. The van der Waals surface area contributed by atoms with Gasteiger partial charge in [-0.1, -0.05) is 61.6 Å². The molecule has 144 valence electrons. The molecule has 2 heterocycles. The van der Waals surface area contributed by atoms with Crippen molar-refractivity contribution in [2.24, 2.45) is 5.92 Å². The summed E-state index contributed by atoms with van der Waals surface area (Å²) < 4.78 is 0. The molecule has 2 aromatic heterocycles. The highest BCUT2D eigenvalue weighted by Crippen LogP contribution is 2.24. The molecule has 7 nitrogen and oxygen atoms in total. The van der Waals surface area contributed by atoms with E-state index in [1.54, 1.807) is 6.20 Å². The van der Waals surface area contributed by atoms with Gasteiger partial charge in [-0.3, -0.25) is 19.9 Å². The molecule has 28 heavy (non-hydrogen) atoms. The summed E-state index contributed by atoms with van der Waals surface area (Å²) in [4.78, 5) is 29.3.